The Bertz CT molecular complexity index is 1700. The van der Waals surface area contributed by atoms with Crippen LogP contribution in [0.5, 0.6) is 0 Å². The molecule has 9 nitrogen and oxygen atoms in total. The number of nitriles is 1. The van der Waals surface area contributed by atoms with E-state index in [0.29, 0.717) is 0 Å². The van der Waals surface area contributed by atoms with Gasteiger partial charge in [0.15, 0.2) is 0 Å². The number of pyridine rings is 1. The molecule has 3 aromatic rings. The maximum absolute atomic E-state index is 15.0. The highest BCUT2D eigenvalue weighted by Gasteiger charge is 2.49. The van der Waals surface area contributed by atoms with Crippen molar-refractivity contribution in [2.24, 2.45) is 0 Å². The van der Waals surface area contributed by atoms with Crippen LogP contribution in [0.2, 0.25) is 5.02 Å². The Morgan fingerprint density at radius 1 is 1.13 bits per heavy atom. The van der Waals surface area contributed by atoms with Crippen LogP contribution < -0.4 is 15.1 Å². The predicted molar refractivity (Wildman–Crippen MR) is 166 cm³/mol. The molecular weight excluding hydrogens is 621 g/mol. The van der Waals surface area contributed by atoms with Crippen LogP contribution in [0.25, 0.3) is 0 Å². The standard InChI is InChI=1S/C33H32ClF3N6O3/c1-32(2,3)41-18-26(43(28(44)19-41)27-13-20(17-38)11-12-39-27)31(46)42(23-8-6-7-21(35)14-23)29(24-9-4-5-10-25(24)34)30(45)40-22-15-33(36,37)16-22/h4-14,22,26,29H,15-16,18-19H2,1-3H3,(H,40,45)/t26-,29?/m0/s1. The number of aromatic nitrogens is 1. The number of anilines is 2. The average Bonchev–Trinajstić information content (AvgIpc) is 2.98. The van der Waals surface area contributed by atoms with Gasteiger partial charge in [0, 0.05) is 53.4 Å². The highest BCUT2D eigenvalue weighted by molar-refractivity contribution is 6.31. The lowest BCUT2D eigenvalue weighted by Gasteiger charge is -2.47. The number of hydrogen-bond donors (Lipinski definition) is 1. The van der Waals surface area contributed by atoms with E-state index in [9.17, 15) is 28.0 Å². The van der Waals surface area contributed by atoms with Crippen molar-refractivity contribution in [3.05, 3.63) is 88.8 Å². The minimum atomic E-state index is -2.93. The minimum absolute atomic E-state index is 0.00986. The molecule has 0 spiro atoms. The number of nitrogens with one attached hydrogen (secondary N) is 1. The van der Waals surface area contributed by atoms with Gasteiger partial charge in [-0.25, -0.2) is 18.2 Å². The zero-order chi connectivity index (χ0) is 33.4. The number of alkyl halides is 2. The highest BCUT2D eigenvalue weighted by atomic mass is 35.5. The molecule has 240 valence electrons. The number of nitrogens with zero attached hydrogens (tertiary/aromatic N) is 5. The fourth-order valence-electron chi connectivity index (χ4n) is 5.70. The Balaban J connectivity index is 1.67. The van der Waals surface area contributed by atoms with E-state index in [1.54, 1.807) is 17.0 Å². The second-order valence-electron chi connectivity index (χ2n) is 12.4. The summed E-state index contributed by atoms with van der Waals surface area (Å²) in [6.45, 7) is 5.56. The van der Waals surface area contributed by atoms with Gasteiger partial charge in [-0.1, -0.05) is 35.9 Å². The zero-order valence-electron chi connectivity index (χ0n) is 25.4. The van der Waals surface area contributed by atoms with E-state index in [1.165, 1.54) is 53.6 Å². The first-order valence-corrected chi connectivity index (χ1v) is 15.0. The van der Waals surface area contributed by atoms with Gasteiger partial charge in [0.1, 0.15) is 23.7 Å². The van der Waals surface area contributed by atoms with Crippen LogP contribution in [0.4, 0.5) is 24.7 Å². The van der Waals surface area contributed by atoms with Gasteiger partial charge in [-0.15, -0.1) is 0 Å². The van der Waals surface area contributed by atoms with Gasteiger partial charge in [0.05, 0.1) is 18.2 Å². The third-order valence-corrected chi connectivity index (χ3v) is 8.47. The van der Waals surface area contributed by atoms with Crippen LogP contribution in [0.1, 0.15) is 50.8 Å². The lowest BCUT2D eigenvalue weighted by molar-refractivity contribution is -0.134. The Labute approximate surface area is 269 Å². The van der Waals surface area contributed by atoms with Crippen molar-refractivity contribution in [2.45, 2.75) is 63.2 Å². The van der Waals surface area contributed by atoms with E-state index >= 15 is 4.79 Å². The summed E-state index contributed by atoms with van der Waals surface area (Å²) in [4.78, 5) is 51.2. The number of hydrogen-bond acceptors (Lipinski definition) is 6. The number of piperazine rings is 1. The maximum Gasteiger partial charge on any atom is 0.252 e. The summed E-state index contributed by atoms with van der Waals surface area (Å²) in [7, 11) is 0. The summed E-state index contributed by atoms with van der Waals surface area (Å²) >= 11 is 6.58. The number of rotatable bonds is 7. The second kappa shape index (κ2) is 12.7. The average molecular weight is 653 g/mol. The molecule has 2 atom stereocenters. The monoisotopic (exact) mass is 652 g/mol. The van der Waals surface area contributed by atoms with Gasteiger partial charge in [0.25, 0.3) is 11.8 Å². The molecule has 2 heterocycles. The lowest BCUT2D eigenvalue weighted by atomic mass is 9.87. The molecule has 1 N–H and O–H groups in total. The number of amides is 3. The smallest absolute Gasteiger partial charge is 0.252 e. The van der Waals surface area contributed by atoms with Gasteiger partial charge in [-0.05, 0) is 57.2 Å². The molecule has 0 bridgehead atoms. The van der Waals surface area contributed by atoms with Gasteiger partial charge in [-0.3, -0.25) is 29.1 Å². The Hall–Kier alpha value is -4.47. The molecule has 1 saturated carbocycles. The number of carbonyl (C=O) groups is 3. The first-order chi connectivity index (χ1) is 21.7. The van der Waals surface area contributed by atoms with Crippen LogP contribution in [0, 0.1) is 17.1 Å². The molecule has 1 unspecified atom stereocenters. The van der Waals surface area contributed by atoms with E-state index in [0.717, 1.165) is 11.0 Å². The molecule has 2 fully saturated rings. The van der Waals surface area contributed by atoms with Crippen molar-refractivity contribution in [1.82, 2.24) is 15.2 Å². The van der Waals surface area contributed by atoms with Crippen LogP contribution >= 0.6 is 11.6 Å². The Kier molecular flexibility index (Phi) is 9.11. The van der Waals surface area contributed by atoms with E-state index in [-0.39, 0.29) is 40.7 Å². The summed E-state index contributed by atoms with van der Waals surface area (Å²) in [6.07, 6.45) is 0.194. The van der Waals surface area contributed by atoms with E-state index < -0.39 is 66.0 Å². The van der Waals surface area contributed by atoms with Crippen molar-refractivity contribution >= 4 is 40.8 Å². The number of carbonyl (C=O) groups excluding carboxylic acids is 3. The van der Waals surface area contributed by atoms with Crippen molar-refractivity contribution < 1.29 is 27.6 Å². The van der Waals surface area contributed by atoms with Crippen molar-refractivity contribution in [2.75, 3.05) is 22.9 Å². The SMILES string of the molecule is CC(C)(C)N1CC(=O)N(c2cc(C#N)ccn2)[C@H](C(=O)N(c2cccc(F)c2)C(C(=O)NC2CC(F)(F)C2)c2ccccc2Cl)C1. The topological polar surface area (TPSA) is 110 Å². The van der Waals surface area contributed by atoms with Gasteiger partial charge < -0.3 is 5.32 Å². The van der Waals surface area contributed by atoms with Crippen LogP contribution in [-0.4, -0.2) is 64.2 Å². The normalized spacial score (nSPS) is 19.1. The zero-order valence-corrected chi connectivity index (χ0v) is 26.1. The number of halogens is 4. The van der Waals surface area contributed by atoms with Crippen LogP contribution in [0.15, 0.2) is 66.9 Å². The van der Waals surface area contributed by atoms with Crippen molar-refractivity contribution in [1.29, 1.82) is 5.26 Å². The molecule has 3 amide bonds. The van der Waals surface area contributed by atoms with E-state index in [2.05, 4.69) is 10.3 Å². The van der Waals surface area contributed by atoms with Crippen LogP contribution in [0.3, 0.4) is 0 Å². The Morgan fingerprint density at radius 2 is 1.85 bits per heavy atom. The predicted octanol–water partition coefficient (Wildman–Crippen LogP) is 5.25. The molecule has 13 heteroatoms. The molecular formula is C33H32ClF3N6O3. The molecule has 46 heavy (non-hydrogen) atoms. The molecule has 1 aliphatic heterocycles. The van der Waals surface area contributed by atoms with E-state index in [1.807, 2.05) is 26.8 Å². The van der Waals surface area contributed by atoms with E-state index in [4.69, 9.17) is 11.6 Å². The maximum atomic E-state index is 15.0. The summed E-state index contributed by atoms with van der Waals surface area (Å²) in [5.74, 6) is -5.67. The third kappa shape index (κ3) is 6.85. The molecule has 5 rings (SSSR count). The summed E-state index contributed by atoms with van der Waals surface area (Å²) in [5.41, 5.74) is -0.227. The van der Waals surface area contributed by atoms with Gasteiger partial charge >= 0.3 is 0 Å². The first-order valence-electron chi connectivity index (χ1n) is 14.6. The quantitative estimate of drug-likeness (QED) is 0.374. The molecule has 1 saturated heterocycles. The highest BCUT2D eigenvalue weighted by Crippen LogP contribution is 2.39. The lowest BCUT2D eigenvalue weighted by Crippen LogP contribution is -2.66. The summed E-state index contributed by atoms with van der Waals surface area (Å²) in [6, 6.07) is 12.4. The molecule has 1 aliphatic carbocycles. The third-order valence-electron chi connectivity index (χ3n) is 8.12. The van der Waals surface area contributed by atoms with Crippen LogP contribution in [-0.2, 0) is 14.4 Å². The van der Waals surface area contributed by atoms with Crippen molar-refractivity contribution in [3.63, 3.8) is 0 Å². The second-order valence-corrected chi connectivity index (χ2v) is 12.8. The summed E-state index contributed by atoms with van der Waals surface area (Å²) < 4.78 is 42.3. The van der Waals surface area contributed by atoms with Crippen molar-refractivity contribution in [3.8, 4) is 6.07 Å². The molecule has 1 aromatic heterocycles. The van der Waals surface area contributed by atoms with Gasteiger partial charge in [0.2, 0.25) is 11.8 Å². The Morgan fingerprint density at radius 3 is 2.48 bits per heavy atom. The fourth-order valence-corrected chi connectivity index (χ4v) is 5.94. The molecule has 2 aromatic carbocycles. The number of benzene rings is 2. The largest absolute Gasteiger partial charge is 0.351 e. The van der Waals surface area contributed by atoms with Gasteiger partial charge in [-0.2, -0.15) is 5.26 Å². The summed E-state index contributed by atoms with van der Waals surface area (Å²) in [5, 5.41) is 12.2. The minimum Gasteiger partial charge on any atom is -0.351 e. The fraction of sp³-hybridized carbons (Fsp3) is 0.364. The molecule has 2 aliphatic rings. The molecule has 0 radical (unpaired) electrons. The first kappa shape index (κ1) is 32.9.